The van der Waals surface area contributed by atoms with Crippen LogP contribution in [0.4, 0.5) is 5.69 Å². The zero-order valence-electron chi connectivity index (χ0n) is 17.3. The molecule has 5 heteroatoms. The average Bonchev–Trinajstić information content (AvgIpc) is 3.27. The normalized spacial score (nSPS) is 19.1. The number of carbonyl (C=O) groups is 1. The number of hydrogen-bond acceptors (Lipinski definition) is 3. The molecule has 0 bridgehead atoms. The fraction of sp³-hybridized carbons (Fsp3) is 0.280. The van der Waals surface area contributed by atoms with E-state index in [4.69, 9.17) is 0 Å². The van der Waals surface area contributed by atoms with Crippen LogP contribution in [0.2, 0.25) is 0 Å². The maximum Gasteiger partial charge on any atom is 0.280 e. The minimum Gasteiger partial charge on any atom is -0.333 e. The number of hydrogen-bond donors (Lipinski definition) is 0. The zero-order chi connectivity index (χ0) is 20.5. The molecule has 3 heterocycles. The molecule has 0 aliphatic carbocycles. The highest BCUT2D eigenvalue weighted by atomic mass is 16.2. The monoisotopic (exact) mass is 398 g/mol. The molecular formula is C25H26N4O. The molecule has 1 aromatic heterocycles. The molecule has 30 heavy (non-hydrogen) atoms. The minimum atomic E-state index is -0.0773. The number of anilines is 1. The number of para-hydroxylation sites is 2. The van der Waals surface area contributed by atoms with E-state index in [0.29, 0.717) is 5.57 Å². The summed E-state index contributed by atoms with van der Waals surface area (Å²) in [6, 6.07) is 18.0. The molecule has 2 aromatic carbocycles. The van der Waals surface area contributed by atoms with Crippen LogP contribution in [0.1, 0.15) is 31.7 Å². The van der Waals surface area contributed by atoms with Gasteiger partial charge in [0.2, 0.25) is 0 Å². The first kappa shape index (κ1) is 18.8. The van der Waals surface area contributed by atoms with Gasteiger partial charge in [-0.2, -0.15) is 10.1 Å². The molecule has 0 spiro atoms. The van der Waals surface area contributed by atoms with Crippen molar-refractivity contribution in [3.8, 4) is 0 Å². The molecule has 1 saturated heterocycles. The predicted octanol–water partition coefficient (Wildman–Crippen LogP) is 4.89. The summed E-state index contributed by atoms with van der Waals surface area (Å²) < 4.78 is 2.31. The highest BCUT2D eigenvalue weighted by molar-refractivity contribution is 6.32. The number of benzene rings is 2. The Labute approximate surface area is 176 Å². The lowest BCUT2D eigenvalue weighted by molar-refractivity contribution is -0.114. The fourth-order valence-corrected chi connectivity index (χ4v) is 4.41. The maximum atomic E-state index is 13.1. The lowest BCUT2D eigenvalue weighted by atomic mass is 10.1. The standard InChI is InChI=1S/C25H26N4O/c1-19-23(25(30)29(26-19)21-10-4-2-5-11-21)16-20-17-28(18-27-14-8-3-9-15-27)24-13-7-6-12-22(20)24/h2,4-7,10-13,16-17H,3,8-9,14-15,18H2,1H3/b23-16+. The van der Waals surface area contributed by atoms with Gasteiger partial charge in [0.25, 0.3) is 5.91 Å². The third-order valence-electron chi connectivity index (χ3n) is 5.98. The number of rotatable bonds is 4. The smallest absolute Gasteiger partial charge is 0.280 e. The summed E-state index contributed by atoms with van der Waals surface area (Å²) in [4.78, 5) is 15.6. The number of likely N-dealkylation sites (tertiary alicyclic amines) is 1. The maximum absolute atomic E-state index is 13.1. The number of carbonyl (C=O) groups excluding carboxylic acids is 1. The van der Waals surface area contributed by atoms with Gasteiger partial charge >= 0.3 is 0 Å². The number of piperidine rings is 1. The van der Waals surface area contributed by atoms with Crippen LogP contribution < -0.4 is 5.01 Å². The number of hydrazone groups is 1. The van der Waals surface area contributed by atoms with Crippen molar-refractivity contribution < 1.29 is 4.79 Å². The molecule has 0 atom stereocenters. The Morgan fingerprint density at radius 2 is 1.70 bits per heavy atom. The molecule has 0 unspecified atom stereocenters. The van der Waals surface area contributed by atoms with Crippen molar-refractivity contribution in [3.05, 3.63) is 71.9 Å². The van der Waals surface area contributed by atoms with E-state index in [2.05, 4.69) is 45.0 Å². The van der Waals surface area contributed by atoms with Crippen LogP contribution in [0.15, 0.2) is 71.5 Å². The van der Waals surface area contributed by atoms with Crippen molar-refractivity contribution in [2.45, 2.75) is 32.9 Å². The summed E-state index contributed by atoms with van der Waals surface area (Å²) in [5.41, 5.74) is 4.46. The molecule has 0 N–H and O–H groups in total. The summed E-state index contributed by atoms with van der Waals surface area (Å²) in [5.74, 6) is -0.0773. The SMILES string of the molecule is CC1=NN(c2ccccc2)C(=O)/C1=C/c1cn(CN2CCCCC2)c2ccccc12. The van der Waals surface area contributed by atoms with Gasteiger partial charge in [-0.3, -0.25) is 9.69 Å². The highest BCUT2D eigenvalue weighted by Gasteiger charge is 2.29. The van der Waals surface area contributed by atoms with Crippen molar-refractivity contribution in [2.24, 2.45) is 5.10 Å². The Kier molecular flexibility index (Phi) is 4.97. The second-order valence-electron chi connectivity index (χ2n) is 8.09. The summed E-state index contributed by atoms with van der Waals surface area (Å²) in [5, 5.41) is 7.18. The van der Waals surface area contributed by atoms with Gasteiger partial charge in [-0.25, -0.2) is 0 Å². The number of fused-ring (bicyclic) bond motifs is 1. The van der Waals surface area contributed by atoms with Gasteiger partial charge in [0.05, 0.1) is 23.6 Å². The average molecular weight is 399 g/mol. The van der Waals surface area contributed by atoms with Crippen LogP contribution in [0.3, 0.4) is 0 Å². The quantitative estimate of drug-likeness (QED) is 0.587. The summed E-state index contributed by atoms with van der Waals surface area (Å²) in [6.45, 7) is 5.10. The van der Waals surface area contributed by atoms with E-state index in [0.717, 1.165) is 36.7 Å². The first-order chi connectivity index (χ1) is 14.7. The van der Waals surface area contributed by atoms with E-state index in [1.165, 1.54) is 35.2 Å². The van der Waals surface area contributed by atoms with Gasteiger partial charge in [0, 0.05) is 22.7 Å². The third kappa shape index (κ3) is 3.46. The Hall–Kier alpha value is -3.18. The predicted molar refractivity (Wildman–Crippen MR) is 122 cm³/mol. The topological polar surface area (TPSA) is 40.8 Å². The van der Waals surface area contributed by atoms with Crippen LogP contribution in [0.5, 0.6) is 0 Å². The van der Waals surface area contributed by atoms with Gasteiger partial charge < -0.3 is 4.57 Å². The molecule has 1 fully saturated rings. The van der Waals surface area contributed by atoms with E-state index >= 15 is 0 Å². The Morgan fingerprint density at radius 3 is 2.50 bits per heavy atom. The van der Waals surface area contributed by atoms with Crippen molar-refractivity contribution in [1.82, 2.24) is 9.47 Å². The Balaban J connectivity index is 1.50. The van der Waals surface area contributed by atoms with E-state index in [9.17, 15) is 4.79 Å². The molecule has 2 aliphatic rings. The van der Waals surface area contributed by atoms with E-state index in [-0.39, 0.29) is 5.91 Å². The van der Waals surface area contributed by atoms with Crippen LogP contribution >= 0.6 is 0 Å². The molecule has 152 valence electrons. The Bertz CT molecular complexity index is 1140. The summed E-state index contributed by atoms with van der Waals surface area (Å²) in [7, 11) is 0. The van der Waals surface area contributed by atoms with Crippen LogP contribution in [0, 0.1) is 0 Å². The van der Waals surface area contributed by atoms with E-state index in [1.54, 1.807) is 0 Å². The van der Waals surface area contributed by atoms with Crippen molar-refractivity contribution in [2.75, 3.05) is 18.1 Å². The van der Waals surface area contributed by atoms with E-state index in [1.807, 2.05) is 43.3 Å². The van der Waals surface area contributed by atoms with Crippen molar-refractivity contribution >= 4 is 34.3 Å². The molecular weight excluding hydrogens is 372 g/mol. The molecule has 0 saturated carbocycles. The fourth-order valence-electron chi connectivity index (χ4n) is 4.41. The third-order valence-corrected chi connectivity index (χ3v) is 5.98. The largest absolute Gasteiger partial charge is 0.333 e. The lowest BCUT2D eigenvalue weighted by Gasteiger charge is -2.27. The first-order valence-electron chi connectivity index (χ1n) is 10.7. The molecule has 1 amide bonds. The van der Waals surface area contributed by atoms with Gasteiger partial charge in [0.1, 0.15) is 0 Å². The number of aromatic nitrogens is 1. The summed E-state index contributed by atoms with van der Waals surface area (Å²) >= 11 is 0. The van der Waals surface area contributed by atoms with E-state index < -0.39 is 0 Å². The van der Waals surface area contributed by atoms with Gasteiger partial charge in [-0.1, -0.05) is 42.8 Å². The minimum absolute atomic E-state index is 0.0773. The van der Waals surface area contributed by atoms with Crippen molar-refractivity contribution in [3.63, 3.8) is 0 Å². The second kappa shape index (κ2) is 7.92. The highest BCUT2D eigenvalue weighted by Crippen LogP contribution is 2.28. The van der Waals surface area contributed by atoms with Crippen LogP contribution in [-0.4, -0.2) is 34.2 Å². The summed E-state index contributed by atoms with van der Waals surface area (Å²) in [6.07, 6.45) is 8.06. The van der Waals surface area contributed by atoms with Gasteiger partial charge in [-0.05, 0) is 57.1 Å². The molecule has 5 rings (SSSR count). The van der Waals surface area contributed by atoms with Crippen molar-refractivity contribution in [1.29, 1.82) is 0 Å². The zero-order valence-corrected chi connectivity index (χ0v) is 17.3. The van der Waals surface area contributed by atoms with Gasteiger partial charge in [0.15, 0.2) is 0 Å². The molecule has 0 radical (unpaired) electrons. The van der Waals surface area contributed by atoms with Crippen LogP contribution in [-0.2, 0) is 11.5 Å². The second-order valence-corrected chi connectivity index (χ2v) is 8.09. The Morgan fingerprint density at radius 1 is 0.967 bits per heavy atom. The van der Waals surface area contributed by atoms with Gasteiger partial charge in [-0.15, -0.1) is 0 Å². The lowest BCUT2D eigenvalue weighted by Crippen LogP contribution is -2.31. The molecule has 2 aliphatic heterocycles. The number of nitrogens with zero attached hydrogens (tertiary/aromatic N) is 4. The van der Waals surface area contributed by atoms with Crippen LogP contribution in [0.25, 0.3) is 17.0 Å². The number of amides is 1. The first-order valence-corrected chi connectivity index (χ1v) is 10.7. The molecule has 3 aromatic rings. The molecule has 5 nitrogen and oxygen atoms in total.